The molecular weight excluding hydrogens is 396 g/mol. The summed E-state index contributed by atoms with van der Waals surface area (Å²) in [5.74, 6) is 4.81. The van der Waals surface area contributed by atoms with Crippen LogP contribution in [0.2, 0.25) is 0 Å². The van der Waals surface area contributed by atoms with E-state index in [9.17, 15) is 9.59 Å². The van der Waals surface area contributed by atoms with Crippen molar-refractivity contribution in [3.05, 3.63) is 0 Å². The molecular formula is C29H48O3. The number of carbonyl (C=O) groups excluding carboxylic acids is 2. The molecule has 0 aromatic carbocycles. The van der Waals surface area contributed by atoms with Crippen molar-refractivity contribution in [1.29, 1.82) is 0 Å². The first-order valence-electron chi connectivity index (χ1n) is 13.8. The van der Waals surface area contributed by atoms with Gasteiger partial charge in [0.25, 0.3) is 0 Å². The highest BCUT2D eigenvalue weighted by Crippen LogP contribution is 2.68. The largest absolute Gasteiger partial charge is 0.463 e. The first-order chi connectivity index (χ1) is 15.1. The third kappa shape index (κ3) is 4.20. The number of ketones is 1. The maximum absolute atomic E-state index is 13.5. The SMILES string of the molecule is CC(=O)O[C@H]1CC[C@@]2(C)[C@H](C1)C(=O)C[C@H]1[C@H]2CC[C@@]2(C)[C@H]1CC[C@H]2[C@@H](C)CCCC(C)C. The lowest BCUT2D eigenvalue weighted by Crippen LogP contribution is -2.57. The van der Waals surface area contributed by atoms with Crippen LogP contribution in [-0.4, -0.2) is 17.9 Å². The van der Waals surface area contributed by atoms with E-state index in [1.807, 2.05) is 0 Å². The summed E-state index contributed by atoms with van der Waals surface area (Å²) >= 11 is 0. The van der Waals surface area contributed by atoms with E-state index < -0.39 is 0 Å². The summed E-state index contributed by atoms with van der Waals surface area (Å²) in [4.78, 5) is 25.0. The Bertz CT molecular complexity index is 713. The molecule has 4 rings (SSSR count). The van der Waals surface area contributed by atoms with Gasteiger partial charge in [0, 0.05) is 19.3 Å². The second-order valence-corrected chi connectivity index (χ2v) is 13.1. The van der Waals surface area contributed by atoms with Crippen LogP contribution in [0.4, 0.5) is 0 Å². The van der Waals surface area contributed by atoms with Gasteiger partial charge in [-0.25, -0.2) is 0 Å². The summed E-state index contributed by atoms with van der Waals surface area (Å²) in [6, 6.07) is 0. The van der Waals surface area contributed by atoms with Crippen LogP contribution >= 0.6 is 0 Å². The minimum Gasteiger partial charge on any atom is -0.463 e. The Morgan fingerprint density at radius 2 is 1.69 bits per heavy atom. The Hall–Kier alpha value is -0.860. The van der Waals surface area contributed by atoms with E-state index in [2.05, 4.69) is 34.6 Å². The number of carbonyl (C=O) groups is 2. The topological polar surface area (TPSA) is 43.4 Å². The quantitative estimate of drug-likeness (QED) is 0.406. The number of Topliss-reactive ketones (excluding diaryl/α,β-unsaturated/α-hetero) is 1. The molecule has 0 aromatic rings. The van der Waals surface area contributed by atoms with Crippen molar-refractivity contribution in [2.24, 2.45) is 52.3 Å². The molecule has 0 bridgehead atoms. The van der Waals surface area contributed by atoms with Crippen LogP contribution < -0.4 is 0 Å². The van der Waals surface area contributed by atoms with Crippen LogP contribution in [0.15, 0.2) is 0 Å². The summed E-state index contributed by atoms with van der Waals surface area (Å²) in [5, 5.41) is 0. The Morgan fingerprint density at radius 3 is 2.38 bits per heavy atom. The normalized spacial score (nSPS) is 44.5. The summed E-state index contributed by atoms with van der Waals surface area (Å²) in [7, 11) is 0. The highest BCUT2D eigenvalue weighted by atomic mass is 16.5. The molecule has 4 aliphatic rings. The van der Waals surface area contributed by atoms with Crippen LogP contribution in [-0.2, 0) is 14.3 Å². The molecule has 9 atom stereocenters. The molecule has 0 heterocycles. The van der Waals surface area contributed by atoms with E-state index in [0.29, 0.717) is 23.0 Å². The number of hydrogen-bond acceptors (Lipinski definition) is 3. The molecule has 0 amide bonds. The van der Waals surface area contributed by atoms with E-state index in [0.717, 1.165) is 49.4 Å². The van der Waals surface area contributed by atoms with Gasteiger partial charge in [-0.05, 0) is 91.3 Å². The Balaban J connectivity index is 1.48. The molecule has 4 aliphatic carbocycles. The molecule has 0 saturated heterocycles. The standard InChI is InChI=1S/C29H48O3/c1-18(2)8-7-9-19(3)23-10-11-24-22-17-27(31)26-16-21(32-20(4)30)12-14-29(26,6)25(22)13-15-28(23,24)5/h18-19,21-26H,7-17H2,1-6H3/t19-,21-,22+,23-,24-,25+,26+,28+,29+/m0/s1. The maximum Gasteiger partial charge on any atom is 0.302 e. The van der Waals surface area contributed by atoms with Crippen LogP contribution in [0.25, 0.3) is 0 Å². The summed E-state index contributed by atoms with van der Waals surface area (Å²) < 4.78 is 5.55. The summed E-state index contributed by atoms with van der Waals surface area (Å²) in [6.07, 6.45) is 12.9. The van der Waals surface area contributed by atoms with Gasteiger partial charge in [0.2, 0.25) is 0 Å². The number of hydrogen-bond donors (Lipinski definition) is 0. The van der Waals surface area contributed by atoms with Gasteiger partial charge >= 0.3 is 5.97 Å². The molecule has 0 radical (unpaired) electrons. The average Bonchev–Trinajstić information content (AvgIpc) is 3.06. The van der Waals surface area contributed by atoms with Crippen molar-refractivity contribution < 1.29 is 14.3 Å². The minimum atomic E-state index is -0.201. The molecule has 0 spiro atoms. The highest BCUT2D eigenvalue weighted by Gasteiger charge is 2.62. The first kappa shape index (κ1) is 24.3. The van der Waals surface area contributed by atoms with Crippen LogP contribution in [0.1, 0.15) is 112 Å². The minimum absolute atomic E-state index is 0.0533. The number of ether oxygens (including phenoxy) is 1. The van der Waals surface area contributed by atoms with Gasteiger partial charge in [-0.2, -0.15) is 0 Å². The average molecular weight is 445 g/mol. The lowest BCUT2D eigenvalue weighted by atomic mass is 9.44. The zero-order valence-corrected chi connectivity index (χ0v) is 21.6. The molecule has 4 saturated carbocycles. The molecule has 0 N–H and O–H groups in total. The second-order valence-electron chi connectivity index (χ2n) is 13.1. The van der Waals surface area contributed by atoms with Crippen molar-refractivity contribution in [2.75, 3.05) is 0 Å². The molecule has 4 fully saturated rings. The fourth-order valence-corrected chi connectivity index (χ4v) is 9.37. The fourth-order valence-electron chi connectivity index (χ4n) is 9.37. The molecule has 3 heteroatoms. The third-order valence-corrected chi connectivity index (χ3v) is 10.9. The predicted octanol–water partition coefficient (Wildman–Crippen LogP) is 7.22. The molecule has 0 unspecified atom stereocenters. The van der Waals surface area contributed by atoms with E-state index in [1.165, 1.54) is 51.9 Å². The van der Waals surface area contributed by atoms with Gasteiger partial charge in [-0.3, -0.25) is 9.59 Å². The van der Waals surface area contributed by atoms with E-state index in [4.69, 9.17) is 4.74 Å². The van der Waals surface area contributed by atoms with E-state index >= 15 is 0 Å². The zero-order valence-electron chi connectivity index (χ0n) is 21.6. The predicted molar refractivity (Wildman–Crippen MR) is 129 cm³/mol. The summed E-state index contributed by atoms with van der Waals surface area (Å²) in [5.41, 5.74) is 0.537. The fraction of sp³-hybridized carbons (Fsp3) is 0.931. The number of rotatable bonds is 6. The van der Waals surface area contributed by atoms with Crippen molar-refractivity contribution >= 4 is 11.8 Å². The first-order valence-corrected chi connectivity index (χ1v) is 13.8. The maximum atomic E-state index is 13.5. The highest BCUT2D eigenvalue weighted by molar-refractivity contribution is 5.83. The lowest BCUT2D eigenvalue weighted by molar-refractivity contribution is -0.169. The van der Waals surface area contributed by atoms with E-state index in [1.54, 1.807) is 0 Å². The third-order valence-electron chi connectivity index (χ3n) is 10.9. The van der Waals surface area contributed by atoms with Gasteiger partial charge in [-0.15, -0.1) is 0 Å². The number of fused-ring (bicyclic) bond motifs is 5. The Labute approximate surface area is 196 Å². The molecule has 3 nitrogen and oxygen atoms in total. The number of esters is 1. The molecule has 32 heavy (non-hydrogen) atoms. The second kappa shape index (κ2) is 9.06. The molecule has 0 aliphatic heterocycles. The zero-order chi connectivity index (χ0) is 23.3. The Kier molecular flexibility index (Phi) is 6.87. The van der Waals surface area contributed by atoms with Crippen molar-refractivity contribution in [3.63, 3.8) is 0 Å². The van der Waals surface area contributed by atoms with Gasteiger partial charge in [0.05, 0.1) is 0 Å². The van der Waals surface area contributed by atoms with Gasteiger partial charge in [0.15, 0.2) is 0 Å². The smallest absolute Gasteiger partial charge is 0.302 e. The summed E-state index contributed by atoms with van der Waals surface area (Å²) in [6.45, 7) is 13.7. The van der Waals surface area contributed by atoms with E-state index in [-0.39, 0.29) is 23.4 Å². The van der Waals surface area contributed by atoms with Gasteiger partial charge < -0.3 is 4.74 Å². The monoisotopic (exact) mass is 444 g/mol. The Morgan fingerprint density at radius 1 is 1.00 bits per heavy atom. The van der Waals surface area contributed by atoms with Crippen LogP contribution in [0.3, 0.4) is 0 Å². The molecule has 182 valence electrons. The van der Waals surface area contributed by atoms with Crippen LogP contribution in [0.5, 0.6) is 0 Å². The van der Waals surface area contributed by atoms with Crippen molar-refractivity contribution in [1.82, 2.24) is 0 Å². The van der Waals surface area contributed by atoms with Gasteiger partial charge in [0.1, 0.15) is 11.9 Å². The van der Waals surface area contributed by atoms with Crippen molar-refractivity contribution in [2.45, 2.75) is 118 Å². The van der Waals surface area contributed by atoms with Crippen molar-refractivity contribution in [3.8, 4) is 0 Å². The van der Waals surface area contributed by atoms with Crippen LogP contribution in [0, 0.1) is 52.3 Å². The van der Waals surface area contributed by atoms with Gasteiger partial charge in [-0.1, -0.05) is 53.9 Å². The lowest BCUT2D eigenvalue weighted by Gasteiger charge is -2.60. The molecule has 0 aromatic heterocycles.